The lowest BCUT2D eigenvalue weighted by molar-refractivity contribution is 0.404. The van der Waals surface area contributed by atoms with Crippen molar-refractivity contribution in [2.45, 2.75) is 24.8 Å². The van der Waals surface area contributed by atoms with Crippen molar-refractivity contribution < 1.29 is 13.2 Å². The minimum atomic E-state index is -3.60. The Hall–Kier alpha value is -2.34. The van der Waals surface area contributed by atoms with Gasteiger partial charge in [-0.2, -0.15) is 0 Å². The molecule has 0 amide bonds. The fourth-order valence-corrected chi connectivity index (χ4v) is 4.31. The molecule has 0 aliphatic carbocycles. The first-order valence-corrected chi connectivity index (χ1v) is 9.14. The van der Waals surface area contributed by atoms with Gasteiger partial charge in [-0.25, -0.2) is 8.42 Å². The van der Waals surface area contributed by atoms with Crippen LogP contribution in [0.5, 0.6) is 5.75 Å². The molecule has 0 saturated carbocycles. The maximum absolute atomic E-state index is 12.9. The van der Waals surface area contributed by atoms with Crippen molar-refractivity contribution in [2.75, 3.05) is 13.7 Å². The van der Waals surface area contributed by atoms with Gasteiger partial charge in [-0.05, 0) is 32.0 Å². The average Bonchev–Trinajstić information content (AvgIpc) is 2.97. The van der Waals surface area contributed by atoms with Crippen LogP contribution in [0.2, 0.25) is 0 Å². The molecule has 1 atom stereocenters. The number of methoxy groups -OCH3 is 1. The Morgan fingerprint density at radius 1 is 1.08 bits per heavy atom. The molecule has 24 heavy (non-hydrogen) atoms. The summed E-state index contributed by atoms with van der Waals surface area (Å²) in [6.07, 6.45) is 0. The molecular weight excluding hydrogens is 324 g/mol. The average molecular weight is 344 g/mol. The smallest absolute Gasteiger partial charge is 0.265 e. The fourth-order valence-electron chi connectivity index (χ4n) is 2.84. The zero-order valence-electron chi connectivity index (χ0n) is 13.9. The molecule has 1 heterocycles. The minimum Gasteiger partial charge on any atom is -0.496 e. The number of ether oxygens (including phenoxy) is 1. The number of aryl methyl sites for hydroxylation is 1. The Balaban J connectivity index is 1.92. The number of para-hydroxylation sites is 1. The molecule has 6 heteroatoms. The summed E-state index contributed by atoms with van der Waals surface area (Å²) in [7, 11) is -2.00. The monoisotopic (exact) mass is 344 g/mol. The highest BCUT2D eigenvalue weighted by Gasteiger charge is 2.34. The highest BCUT2D eigenvalue weighted by molar-refractivity contribution is 7.89. The number of hydrogen-bond donors (Lipinski definition) is 0. The summed E-state index contributed by atoms with van der Waals surface area (Å²) in [5, 5.41) is 0. The van der Waals surface area contributed by atoms with Crippen LogP contribution in [-0.2, 0) is 10.0 Å². The Morgan fingerprint density at radius 3 is 2.42 bits per heavy atom. The van der Waals surface area contributed by atoms with E-state index in [1.807, 2.05) is 31.2 Å². The standard InChI is InChI=1S/C18H20N2O3S/c1-13-8-10-15(11-9-13)24(21,22)20-12-17(19-14(20)2)16-6-4-5-7-18(16)23-3/h4-11,17H,12H2,1-3H3. The van der Waals surface area contributed by atoms with Crippen molar-refractivity contribution in [2.24, 2.45) is 4.99 Å². The number of sulfonamides is 1. The van der Waals surface area contributed by atoms with E-state index in [1.54, 1.807) is 38.3 Å². The number of benzene rings is 2. The summed E-state index contributed by atoms with van der Waals surface area (Å²) < 4.78 is 32.5. The van der Waals surface area contributed by atoms with E-state index in [0.717, 1.165) is 11.1 Å². The van der Waals surface area contributed by atoms with Gasteiger partial charge in [0.2, 0.25) is 0 Å². The first-order valence-electron chi connectivity index (χ1n) is 7.70. The number of amidine groups is 1. The molecule has 0 bridgehead atoms. The quantitative estimate of drug-likeness (QED) is 0.856. The zero-order valence-corrected chi connectivity index (χ0v) is 14.7. The van der Waals surface area contributed by atoms with Crippen LogP contribution >= 0.6 is 0 Å². The topological polar surface area (TPSA) is 59.0 Å². The van der Waals surface area contributed by atoms with Crippen LogP contribution < -0.4 is 4.74 Å². The van der Waals surface area contributed by atoms with Crippen molar-refractivity contribution >= 4 is 15.9 Å². The summed E-state index contributed by atoms with van der Waals surface area (Å²) in [5.74, 6) is 1.21. The van der Waals surface area contributed by atoms with Crippen molar-refractivity contribution in [1.82, 2.24) is 4.31 Å². The normalized spacial score (nSPS) is 17.7. The van der Waals surface area contributed by atoms with Crippen LogP contribution in [0.3, 0.4) is 0 Å². The van der Waals surface area contributed by atoms with Crippen molar-refractivity contribution in [3.63, 3.8) is 0 Å². The largest absolute Gasteiger partial charge is 0.496 e. The second kappa shape index (κ2) is 6.28. The van der Waals surface area contributed by atoms with E-state index < -0.39 is 10.0 Å². The van der Waals surface area contributed by atoms with Gasteiger partial charge in [0.05, 0.1) is 24.6 Å². The van der Waals surface area contributed by atoms with E-state index in [-0.39, 0.29) is 17.5 Å². The van der Waals surface area contributed by atoms with Gasteiger partial charge in [0.1, 0.15) is 11.6 Å². The van der Waals surface area contributed by atoms with E-state index in [2.05, 4.69) is 4.99 Å². The van der Waals surface area contributed by atoms with Gasteiger partial charge in [-0.15, -0.1) is 0 Å². The van der Waals surface area contributed by atoms with E-state index in [0.29, 0.717) is 11.6 Å². The SMILES string of the molecule is COc1ccccc1C1CN(S(=O)(=O)c2ccc(C)cc2)C(C)=N1. The molecule has 2 aromatic rings. The highest BCUT2D eigenvalue weighted by atomic mass is 32.2. The molecule has 0 spiro atoms. The molecule has 126 valence electrons. The predicted molar refractivity (Wildman–Crippen MR) is 93.9 cm³/mol. The first kappa shape index (κ1) is 16.5. The lowest BCUT2D eigenvalue weighted by atomic mass is 10.1. The number of nitrogens with zero attached hydrogens (tertiary/aromatic N) is 2. The summed E-state index contributed by atoms with van der Waals surface area (Å²) >= 11 is 0. The Kier molecular flexibility index (Phi) is 4.32. The molecule has 1 aliphatic heterocycles. The summed E-state index contributed by atoms with van der Waals surface area (Å²) in [5.41, 5.74) is 1.91. The maximum atomic E-state index is 12.9. The molecule has 1 unspecified atom stereocenters. The summed E-state index contributed by atoms with van der Waals surface area (Å²) in [6, 6.07) is 14.2. The zero-order chi connectivity index (χ0) is 17.3. The third kappa shape index (κ3) is 2.89. The van der Waals surface area contributed by atoms with Crippen LogP contribution in [0.25, 0.3) is 0 Å². The maximum Gasteiger partial charge on any atom is 0.265 e. The molecule has 0 fully saturated rings. The minimum absolute atomic E-state index is 0.263. The molecule has 0 saturated heterocycles. The van der Waals surface area contributed by atoms with Gasteiger partial charge in [-0.1, -0.05) is 35.9 Å². The lowest BCUT2D eigenvalue weighted by Gasteiger charge is -2.20. The molecule has 3 rings (SSSR count). The van der Waals surface area contributed by atoms with Crippen LogP contribution in [-0.4, -0.2) is 32.2 Å². The van der Waals surface area contributed by atoms with Gasteiger partial charge >= 0.3 is 0 Å². The number of aliphatic imine (C=N–C) groups is 1. The van der Waals surface area contributed by atoms with E-state index in [1.165, 1.54) is 4.31 Å². The third-order valence-corrected chi connectivity index (χ3v) is 6.01. The first-order chi connectivity index (χ1) is 11.4. The lowest BCUT2D eigenvalue weighted by Crippen LogP contribution is -2.33. The molecule has 0 N–H and O–H groups in total. The Labute approximate surface area is 142 Å². The highest BCUT2D eigenvalue weighted by Crippen LogP contribution is 2.34. The van der Waals surface area contributed by atoms with Crippen molar-refractivity contribution in [3.05, 3.63) is 59.7 Å². The van der Waals surface area contributed by atoms with Gasteiger partial charge < -0.3 is 4.74 Å². The molecule has 2 aromatic carbocycles. The Bertz CT molecular complexity index is 873. The van der Waals surface area contributed by atoms with Gasteiger partial charge in [0.15, 0.2) is 0 Å². The van der Waals surface area contributed by atoms with Crippen molar-refractivity contribution in [3.8, 4) is 5.75 Å². The van der Waals surface area contributed by atoms with Crippen molar-refractivity contribution in [1.29, 1.82) is 0 Å². The van der Waals surface area contributed by atoms with Gasteiger partial charge in [-0.3, -0.25) is 9.30 Å². The van der Waals surface area contributed by atoms with Crippen LogP contribution in [0, 0.1) is 6.92 Å². The summed E-state index contributed by atoms with van der Waals surface area (Å²) in [4.78, 5) is 4.82. The number of rotatable bonds is 4. The van der Waals surface area contributed by atoms with Crippen LogP contribution in [0.4, 0.5) is 0 Å². The van der Waals surface area contributed by atoms with Crippen LogP contribution in [0.1, 0.15) is 24.1 Å². The predicted octanol–water partition coefficient (Wildman–Crippen LogP) is 3.17. The second-order valence-electron chi connectivity index (χ2n) is 5.78. The van der Waals surface area contributed by atoms with Crippen LogP contribution in [0.15, 0.2) is 58.4 Å². The van der Waals surface area contributed by atoms with Gasteiger partial charge in [0, 0.05) is 5.56 Å². The molecule has 1 aliphatic rings. The fraction of sp³-hybridized carbons (Fsp3) is 0.278. The number of hydrogen-bond acceptors (Lipinski definition) is 4. The van der Waals surface area contributed by atoms with E-state index in [9.17, 15) is 8.42 Å². The van der Waals surface area contributed by atoms with E-state index in [4.69, 9.17) is 4.74 Å². The molecule has 0 radical (unpaired) electrons. The molecular formula is C18H20N2O3S. The molecule has 5 nitrogen and oxygen atoms in total. The van der Waals surface area contributed by atoms with E-state index >= 15 is 0 Å². The summed E-state index contributed by atoms with van der Waals surface area (Å²) in [6.45, 7) is 3.93. The third-order valence-electron chi connectivity index (χ3n) is 4.15. The molecule has 0 aromatic heterocycles. The Morgan fingerprint density at radius 2 is 1.75 bits per heavy atom. The van der Waals surface area contributed by atoms with Gasteiger partial charge in [0.25, 0.3) is 10.0 Å². The second-order valence-corrected chi connectivity index (χ2v) is 7.65.